The number of benzene rings is 2. The Morgan fingerprint density at radius 3 is 2.65 bits per heavy atom. The smallest absolute Gasteiger partial charge is 0.416 e. The van der Waals surface area contributed by atoms with Crippen molar-refractivity contribution < 1.29 is 31.9 Å². The number of fused-ring (bicyclic) bond motifs is 1. The van der Waals surface area contributed by atoms with Gasteiger partial charge < -0.3 is 24.1 Å². The van der Waals surface area contributed by atoms with Crippen LogP contribution >= 0.6 is 0 Å². The molecule has 1 aromatic heterocycles. The van der Waals surface area contributed by atoms with E-state index in [1.54, 1.807) is 24.3 Å². The average Bonchev–Trinajstić information content (AvgIpc) is 3.22. The zero-order valence-corrected chi connectivity index (χ0v) is 16.8. The lowest BCUT2D eigenvalue weighted by Crippen LogP contribution is -2.36. The van der Waals surface area contributed by atoms with E-state index >= 15 is 0 Å². The zero-order chi connectivity index (χ0) is 22.0. The quantitative estimate of drug-likeness (QED) is 0.651. The van der Waals surface area contributed by atoms with Crippen LogP contribution in [-0.2, 0) is 17.5 Å². The lowest BCUT2D eigenvalue weighted by atomic mass is 10.0. The third kappa shape index (κ3) is 4.46. The van der Waals surface area contributed by atoms with Crippen molar-refractivity contribution in [2.75, 3.05) is 38.3 Å². The topological polar surface area (TPSA) is 63.9 Å². The number of nitrogens with one attached hydrogen (secondary N) is 1. The lowest BCUT2D eigenvalue weighted by molar-refractivity contribution is -0.138. The number of carbonyl (C=O) groups excluding carboxylic acids is 1. The molecule has 1 aliphatic rings. The van der Waals surface area contributed by atoms with Crippen molar-refractivity contribution in [3.8, 4) is 5.75 Å². The number of para-hydroxylation sites is 1. The van der Waals surface area contributed by atoms with Gasteiger partial charge in [0.1, 0.15) is 0 Å². The summed E-state index contributed by atoms with van der Waals surface area (Å²) in [6.45, 7) is 1.72. The van der Waals surface area contributed by atoms with Crippen LogP contribution in [0.4, 0.5) is 18.9 Å². The van der Waals surface area contributed by atoms with Crippen molar-refractivity contribution in [3.05, 3.63) is 59.4 Å². The van der Waals surface area contributed by atoms with E-state index < -0.39 is 17.6 Å². The summed E-state index contributed by atoms with van der Waals surface area (Å²) in [5.74, 6) is -0.142. The number of alkyl halides is 3. The Hall–Kier alpha value is -3.20. The summed E-state index contributed by atoms with van der Waals surface area (Å²) >= 11 is 0. The van der Waals surface area contributed by atoms with Gasteiger partial charge in [-0.15, -0.1) is 0 Å². The third-order valence-corrected chi connectivity index (χ3v) is 5.17. The van der Waals surface area contributed by atoms with Crippen molar-refractivity contribution in [2.24, 2.45) is 0 Å². The number of anilines is 1. The molecule has 1 amide bonds. The lowest BCUT2D eigenvalue weighted by Gasteiger charge is -2.29. The molecule has 0 bridgehead atoms. The monoisotopic (exact) mass is 434 g/mol. The molecule has 0 unspecified atom stereocenters. The molecule has 2 heterocycles. The van der Waals surface area contributed by atoms with E-state index in [4.69, 9.17) is 13.9 Å². The molecule has 0 atom stereocenters. The minimum Gasteiger partial charge on any atom is -0.493 e. The fraction of sp³-hybridized carbons (Fsp3) is 0.318. The van der Waals surface area contributed by atoms with Crippen LogP contribution in [0, 0.1) is 0 Å². The molecule has 1 aliphatic heterocycles. The van der Waals surface area contributed by atoms with Gasteiger partial charge in [0.2, 0.25) is 0 Å². The molecule has 9 heteroatoms. The molecular formula is C22H21F3N2O4. The van der Waals surface area contributed by atoms with E-state index in [9.17, 15) is 18.0 Å². The van der Waals surface area contributed by atoms with Crippen LogP contribution in [0.5, 0.6) is 5.75 Å². The van der Waals surface area contributed by atoms with E-state index in [1.165, 1.54) is 19.2 Å². The van der Waals surface area contributed by atoms with Crippen LogP contribution in [0.2, 0.25) is 0 Å². The number of morpholine rings is 1. The Morgan fingerprint density at radius 1 is 1.16 bits per heavy atom. The maximum Gasteiger partial charge on any atom is 0.416 e. The standard InChI is InChI=1S/C22H21F3N2O4/c1-29-18-4-2-3-14-11-19(31-20(14)18)21(28)26-13-15-5-6-16(12-17(15)22(23,24)25)27-7-9-30-10-8-27/h2-6,11-12H,7-10,13H2,1H3,(H,26,28). The second-order valence-electron chi connectivity index (χ2n) is 7.11. The van der Waals surface area contributed by atoms with Crippen LogP contribution in [0.1, 0.15) is 21.7 Å². The summed E-state index contributed by atoms with van der Waals surface area (Å²) in [4.78, 5) is 14.4. The number of furan rings is 1. The first-order chi connectivity index (χ1) is 14.9. The number of rotatable bonds is 5. The van der Waals surface area contributed by atoms with Gasteiger partial charge in [0, 0.05) is 30.7 Å². The second-order valence-corrected chi connectivity index (χ2v) is 7.11. The first-order valence-corrected chi connectivity index (χ1v) is 9.74. The molecule has 1 N–H and O–H groups in total. The minimum atomic E-state index is -4.55. The largest absolute Gasteiger partial charge is 0.493 e. The number of ether oxygens (including phenoxy) is 2. The Bertz CT molecular complexity index is 1090. The molecule has 0 spiro atoms. The maximum atomic E-state index is 13.7. The molecule has 4 rings (SSSR count). The van der Waals surface area contributed by atoms with Crippen LogP contribution in [0.25, 0.3) is 11.0 Å². The highest BCUT2D eigenvalue weighted by molar-refractivity contribution is 5.97. The van der Waals surface area contributed by atoms with E-state index in [-0.39, 0.29) is 17.9 Å². The second kappa shape index (κ2) is 8.50. The molecule has 0 aliphatic carbocycles. The van der Waals surface area contributed by atoms with Crippen molar-refractivity contribution in [2.45, 2.75) is 12.7 Å². The van der Waals surface area contributed by atoms with Gasteiger partial charge in [0.15, 0.2) is 17.1 Å². The molecule has 3 aromatic rings. The summed E-state index contributed by atoms with van der Waals surface area (Å²) in [5, 5.41) is 3.18. The normalized spacial score (nSPS) is 14.6. The van der Waals surface area contributed by atoms with Gasteiger partial charge >= 0.3 is 6.18 Å². The number of nitrogens with zero attached hydrogens (tertiary/aromatic N) is 1. The Kier molecular flexibility index (Phi) is 5.77. The Labute approximate surface area is 176 Å². The van der Waals surface area contributed by atoms with Crippen LogP contribution in [0.15, 0.2) is 46.9 Å². The fourth-order valence-electron chi connectivity index (χ4n) is 3.57. The molecule has 2 aromatic carbocycles. The fourth-order valence-corrected chi connectivity index (χ4v) is 3.57. The minimum absolute atomic E-state index is 0.00186. The van der Waals surface area contributed by atoms with Crippen molar-refractivity contribution in [1.82, 2.24) is 5.32 Å². The van der Waals surface area contributed by atoms with Crippen LogP contribution in [-0.4, -0.2) is 39.3 Å². The van der Waals surface area contributed by atoms with E-state index in [0.717, 1.165) is 6.07 Å². The van der Waals surface area contributed by atoms with Gasteiger partial charge in [-0.3, -0.25) is 4.79 Å². The SMILES string of the molecule is COc1cccc2cc(C(=O)NCc3ccc(N4CCOCC4)cc3C(F)(F)F)oc12. The van der Waals surface area contributed by atoms with Gasteiger partial charge in [-0.25, -0.2) is 0 Å². The maximum absolute atomic E-state index is 13.7. The van der Waals surface area contributed by atoms with Crippen LogP contribution in [0.3, 0.4) is 0 Å². The van der Waals surface area contributed by atoms with Crippen molar-refractivity contribution >= 4 is 22.6 Å². The van der Waals surface area contributed by atoms with Gasteiger partial charge in [0.25, 0.3) is 5.91 Å². The van der Waals surface area contributed by atoms with E-state index in [2.05, 4.69) is 5.32 Å². The number of carbonyl (C=O) groups is 1. The molecular weight excluding hydrogens is 413 g/mol. The van der Waals surface area contributed by atoms with Gasteiger partial charge in [0.05, 0.1) is 25.9 Å². The summed E-state index contributed by atoms with van der Waals surface area (Å²) in [7, 11) is 1.48. The molecule has 1 fully saturated rings. The summed E-state index contributed by atoms with van der Waals surface area (Å²) in [5.41, 5.74) is 0.0886. The van der Waals surface area contributed by atoms with Gasteiger partial charge in [-0.2, -0.15) is 13.2 Å². The Morgan fingerprint density at radius 2 is 1.94 bits per heavy atom. The van der Waals surface area contributed by atoms with Crippen molar-refractivity contribution in [3.63, 3.8) is 0 Å². The Balaban J connectivity index is 1.54. The number of hydrogen-bond acceptors (Lipinski definition) is 5. The molecule has 0 radical (unpaired) electrons. The van der Waals surface area contributed by atoms with Crippen molar-refractivity contribution in [1.29, 1.82) is 0 Å². The van der Waals surface area contributed by atoms with E-state index in [0.29, 0.717) is 48.7 Å². The summed E-state index contributed by atoms with van der Waals surface area (Å²) in [6, 6.07) is 10.9. The van der Waals surface area contributed by atoms with E-state index in [1.807, 2.05) is 4.90 Å². The number of halogens is 3. The van der Waals surface area contributed by atoms with Gasteiger partial charge in [-0.1, -0.05) is 18.2 Å². The molecule has 6 nitrogen and oxygen atoms in total. The summed E-state index contributed by atoms with van der Waals surface area (Å²) in [6.07, 6.45) is -4.55. The predicted octanol–water partition coefficient (Wildman–Crippen LogP) is 4.23. The van der Waals surface area contributed by atoms with Gasteiger partial charge in [-0.05, 0) is 29.8 Å². The average molecular weight is 434 g/mol. The molecule has 0 saturated carbocycles. The number of hydrogen-bond donors (Lipinski definition) is 1. The molecule has 1 saturated heterocycles. The highest BCUT2D eigenvalue weighted by Gasteiger charge is 2.34. The first-order valence-electron chi connectivity index (χ1n) is 9.74. The molecule has 164 valence electrons. The highest BCUT2D eigenvalue weighted by atomic mass is 19.4. The summed E-state index contributed by atoms with van der Waals surface area (Å²) < 4.78 is 57.1. The third-order valence-electron chi connectivity index (χ3n) is 5.17. The predicted molar refractivity (Wildman–Crippen MR) is 108 cm³/mol. The number of amides is 1. The highest BCUT2D eigenvalue weighted by Crippen LogP contribution is 2.35. The zero-order valence-electron chi connectivity index (χ0n) is 16.8. The first kappa shape index (κ1) is 21.0. The number of methoxy groups -OCH3 is 1. The van der Waals surface area contributed by atoms with Crippen LogP contribution < -0.4 is 15.0 Å². The molecule has 31 heavy (non-hydrogen) atoms.